The number of hydrazine groups is 1. The van der Waals surface area contributed by atoms with Crippen molar-refractivity contribution in [1.82, 2.24) is 5.43 Å². The molecule has 0 spiro atoms. The van der Waals surface area contributed by atoms with E-state index in [9.17, 15) is 13.6 Å². The Kier molecular flexibility index (Phi) is 5.64. The molecule has 0 aliphatic heterocycles. The van der Waals surface area contributed by atoms with Crippen LogP contribution < -0.4 is 11.3 Å². The molecule has 0 saturated carbocycles. The SMILES string of the molecule is NNC(=O)C(CCF)CCF. The topological polar surface area (TPSA) is 55.1 Å². The average molecular weight is 166 g/mol. The molecule has 0 radical (unpaired) electrons. The molecule has 3 nitrogen and oxygen atoms in total. The zero-order valence-corrected chi connectivity index (χ0v) is 6.15. The number of carbonyl (C=O) groups excluding carboxylic acids is 1. The molecule has 0 atom stereocenters. The highest BCUT2D eigenvalue weighted by atomic mass is 19.1. The molecule has 0 aromatic carbocycles. The first kappa shape index (κ1) is 10.3. The number of hydrogen-bond donors (Lipinski definition) is 2. The van der Waals surface area contributed by atoms with Crippen molar-refractivity contribution in [3.8, 4) is 0 Å². The molecule has 0 bridgehead atoms. The Balaban J connectivity index is 3.76. The molecule has 0 aromatic heterocycles. The summed E-state index contributed by atoms with van der Waals surface area (Å²) in [5, 5.41) is 0. The summed E-state index contributed by atoms with van der Waals surface area (Å²) in [6.07, 6.45) is 0.0694. The van der Waals surface area contributed by atoms with Crippen LogP contribution in [-0.2, 0) is 4.79 Å². The lowest BCUT2D eigenvalue weighted by atomic mass is 10.0. The van der Waals surface area contributed by atoms with E-state index in [-0.39, 0.29) is 12.8 Å². The summed E-state index contributed by atoms with van der Waals surface area (Å²) in [5.41, 5.74) is 1.86. The predicted octanol–water partition coefficient (Wildman–Crippen LogP) is 0.312. The average Bonchev–Trinajstić information content (AvgIpc) is 2.03. The lowest BCUT2D eigenvalue weighted by molar-refractivity contribution is -0.125. The van der Waals surface area contributed by atoms with Gasteiger partial charge in [0.15, 0.2) is 0 Å². The molecule has 0 unspecified atom stereocenters. The Morgan fingerprint density at radius 3 is 2.09 bits per heavy atom. The van der Waals surface area contributed by atoms with Gasteiger partial charge in [0.2, 0.25) is 5.91 Å². The second-order valence-corrected chi connectivity index (χ2v) is 2.16. The molecule has 5 heteroatoms. The predicted molar refractivity (Wildman–Crippen MR) is 37.0 cm³/mol. The Morgan fingerprint density at radius 1 is 1.36 bits per heavy atom. The minimum atomic E-state index is -0.630. The number of alkyl halides is 2. The van der Waals surface area contributed by atoms with E-state index in [1.54, 1.807) is 0 Å². The number of nitrogens with one attached hydrogen (secondary N) is 1. The first-order valence-corrected chi connectivity index (χ1v) is 3.38. The maximum absolute atomic E-state index is 11.7. The van der Waals surface area contributed by atoms with Gasteiger partial charge in [-0.25, -0.2) is 5.84 Å². The number of halogens is 2. The van der Waals surface area contributed by atoms with Crippen molar-refractivity contribution >= 4 is 5.91 Å². The number of amides is 1. The molecular weight excluding hydrogens is 154 g/mol. The van der Waals surface area contributed by atoms with Crippen LogP contribution in [0.5, 0.6) is 0 Å². The quantitative estimate of drug-likeness (QED) is 0.351. The normalized spacial score (nSPS) is 10.2. The molecule has 3 N–H and O–H groups in total. The molecule has 0 aromatic rings. The zero-order chi connectivity index (χ0) is 8.69. The van der Waals surface area contributed by atoms with Gasteiger partial charge in [-0.2, -0.15) is 0 Å². The fourth-order valence-electron chi connectivity index (χ4n) is 0.788. The van der Waals surface area contributed by atoms with Gasteiger partial charge in [0.25, 0.3) is 0 Å². The Hall–Kier alpha value is -0.710. The Bertz CT molecular complexity index is 115. The summed E-state index contributed by atoms with van der Waals surface area (Å²) in [6.45, 7) is -1.25. The van der Waals surface area contributed by atoms with Crippen LogP contribution in [0.25, 0.3) is 0 Å². The summed E-state index contributed by atoms with van der Waals surface area (Å²) >= 11 is 0. The van der Waals surface area contributed by atoms with Crippen molar-refractivity contribution in [2.45, 2.75) is 12.8 Å². The third kappa shape index (κ3) is 3.87. The third-order valence-electron chi connectivity index (χ3n) is 1.43. The van der Waals surface area contributed by atoms with Gasteiger partial charge in [-0.1, -0.05) is 0 Å². The minimum absolute atomic E-state index is 0.0347. The summed E-state index contributed by atoms with van der Waals surface area (Å²) in [5.74, 6) is 3.66. The molecule has 0 aliphatic carbocycles. The minimum Gasteiger partial charge on any atom is -0.294 e. The molecule has 11 heavy (non-hydrogen) atoms. The van der Waals surface area contributed by atoms with Crippen molar-refractivity contribution in [3.05, 3.63) is 0 Å². The Labute approximate surface area is 63.9 Å². The Morgan fingerprint density at radius 2 is 1.82 bits per heavy atom. The molecule has 0 aliphatic rings. The van der Waals surface area contributed by atoms with Crippen LogP contribution in [0, 0.1) is 5.92 Å². The maximum Gasteiger partial charge on any atom is 0.237 e. The largest absolute Gasteiger partial charge is 0.294 e. The summed E-state index contributed by atoms with van der Waals surface area (Å²) in [6, 6.07) is 0. The monoisotopic (exact) mass is 166 g/mol. The zero-order valence-electron chi connectivity index (χ0n) is 6.15. The maximum atomic E-state index is 11.7. The van der Waals surface area contributed by atoms with E-state index >= 15 is 0 Å². The van der Waals surface area contributed by atoms with Crippen molar-refractivity contribution in [2.24, 2.45) is 11.8 Å². The van der Waals surface area contributed by atoms with E-state index in [2.05, 4.69) is 0 Å². The van der Waals surface area contributed by atoms with Crippen molar-refractivity contribution < 1.29 is 13.6 Å². The first-order chi connectivity index (χ1) is 5.26. The van der Waals surface area contributed by atoms with Crippen LogP contribution in [0.1, 0.15) is 12.8 Å². The lowest BCUT2D eigenvalue weighted by Crippen LogP contribution is -2.36. The van der Waals surface area contributed by atoms with Crippen LogP contribution in [-0.4, -0.2) is 19.3 Å². The van der Waals surface area contributed by atoms with E-state index in [0.717, 1.165) is 0 Å². The fraction of sp³-hybridized carbons (Fsp3) is 0.833. The van der Waals surface area contributed by atoms with Gasteiger partial charge in [-0.05, 0) is 12.8 Å². The smallest absolute Gasteiger partial charge is 0.237 e. The van der Waals surface area contributed by atoms with Gasteiger partial charge in [0.05, 0.1) is 13.3 Å². The van der Waals surface area contributed by atoms with Crippen LogP contribution in [0.15, 0.2) is 0 Å². The third-order valence-corrected chi connectivity index (χ3v) is 1.43. The van der Waals surface area contributed by atoms with Gasteiger partial charge < -0.3 is 0 Å². The molecule has 0 heterocycles. The van der Waals surface area contributed by atoms with Crippen LogP contribution in [0.3, 0.4) is 0 Å². The van der Waals surface area contributed by atoms with E-state index in [4.69, 9.17) is 5.84 Å². The highest BCUT2D eigenvalue weighted by Crippen LogP contribution is 2.08. The van der Waals surface area contributed by atoms with Crippen molar-refractivity contribution in [3.63, 3.8) is 0 Å². The van der Waals surface area contributed by atoms with Crippen molar-refractivity contribution in [1.29, 1.82) is 0 Å². The first-order valence-electron chi connectivity index (χ1n) is 3.38. The highest BCUT2D eigenvalue weighted by molar-refractivity contribution is 5.77. The second kappa shape index (κ2) is 6.03. The van der Waals surface area contributed by atoms with E-state index in [0.29, 0.717) is 0 Å². The lowest BCUT2D eigenvalue weighted by Gasteiger charge is -2.10. The van der Waals surface area contributed by atoms with E-state index < -0.39 is 25.2 Å². The van der Waals surface area contributed by atoms with Gasteiger partial charge >= 0.3 is 0 Å². The molecule has 66 valence electrons. The summed E-state index contributed by atoms with van der Waals surface area (Å²) in [4.78, 5) is 10.7. The van der Waals surface area contributed by atoms with Gasteiger partial charge in [-0.15, -0.1) is 0 Å². The van der Waals surface area contributed by atoms with Crippen LogP contribution in [0.4, 0.5) is 8.78 Å². The fourth-order valence-corrected chi connectivity index (χ4v) is 0.788. The number of hydrogen-bond acceptors (Lipinski definition) is 2. The molecular formula is C6H12F2N2O. The van der Waals surface area contributed by atoms with Crippen molar-refractivity contribution in [2.75, 3.05) is 13.3 Å². The molecule has 0 saturated heterocycles. The number of carbonyl (C=O) groups is 1. The standard InChI is InChI=1S/C6H12F2N2O/c7-3-1-5(2-4-8)6(11)10-9/h5H,1-4,9H2,(H,10,11). The van der Waals surface area contributed by atoms with E-state index in [1.807, 2.05) is 5.43 Å². The van der Waals surface area contributed by atoms with E-state index in [1.165, 1.54) is 0 Å². The van der Waals surface area contributed by atoms with Gasteiger partial charge in [0.1, 0.15) is 0 Å². The summed E-state index contributed by atoms with van der Waals surface area (Å²) in [7, 11) is 0. The molecule has 0 fully saturated rings. The van der Waals surface area contributed by atoms with Crippen LogP contribution >= 0.6 is 0 Å². The van der Waals surface area contributed by atoms with Gasteiger partial charge in [-0.3, -0.25) is 19.0 Å². The van der Waals surface area contributed by atoms with Crippen LogP contribution in [0.2, 0.25) is 0 Å². The summed E-state index contributed by atoms with van der Waals surface area (Å²) < 4.78 is 23.4. The number of nitrogens with two attached hydrogens (primary N) is 1. The second-order valence-electron chi connectivity index (χ2n) is 2.16. The highest BCUT2D eigenvalue weighted by Gasteiger charge is 2.16. The number of rotatable bonds is 5. The van der Waals surface area contributed by atoms with Gasteiger partial charge in [0, 0.05) is 5.92 Å². The molecule has 1 amide bonds. The molecule has 0 rings (SSSR count).